The zero-order chi connectivity index (χ0) is 60.0. The number of nitrogens with zero attached hydrogens (tertiary/aromatic N) is 2. The Morgan fingerprint density at radius 3 is 1.90 bits per heavy atom. The van der Waals surface area contributed by atoms with Gasteiger partial charge in [-0.25, -0.2) is 0 Å². The zero-order valence-corrected chi connectivity index (χ0v) is 47.7. The summed E-state index contributed by atoms with van der Waals surface area (Å²) in [4.78, 5) is 43.5. The van der Waals surface area contributed by atoms with Crippen molar-refractivity contribution in [3.63, 3.8) is 0 Å². The Morgan fingerprint density at radius 1 is 0.716 bits per heavy atom. The maximum absolute atomic E-state index is 14.7. The van der Waals surface area contributed by atoms with E-state index in [1.165, 1.54) is 18.7 Å². The highest BCUT2D eigenvalue weighted by atomic mass is 16.7. The van der Waals surface area contributed by atoms with Crippen LogP contribution in [0.5, 0.6) is 0 Å². The highest BCUT2D eigenvalue weighted by molar-refractivity contribution is 5.80. The number of cyclic esters (lactones) is 1. The highest BCUT2D eigenvalue weighted by Crippen LogP contribution is 2.39. The van der Waals surface area contributed by atoms with Crippen molar-refractivity contribution >= 4 is 17.8 Å². The lowest BCUT2D eigenvalue weighted by molar-refractivity contribution is -0.308. The average molecular weight is 1150 g/mol. The SMILES string of the molecule is CNCC(=O)N[C@@H]1[C@H](O)[C@H](O[C@H]2/C=C/C=C\C=C/C=C\C=C/C=C\C=C/[C@H](C)[C@@H](O)[C@@H](C)[C@H](C)OC(=O)C[C@H](O)C[C@H](O)CC[C@@H](O)[C@H](O)C[C@H](O)C[C@]3(O)C[C@H](O)[C@@H](C(=O)N4CCN(CC(C)(O)CO)CC4)[C@H](C2)O3)O[C@H](C)[C@H]1O. The van der Waals surface area contributed by atoms with Crippen LogP contribution in [-0.2, 0) is 33.3 Å². The monoisotopic (exact) mass is 1150 g/mol. The number of aliphatic hydroxyl groups excluding tert-OH is 10. The summed E-state index contributed by atoms with van der Waals surface area (Å²) in [5.41, 5.74) is -1.39. The third kappa shape index (κ3) is 23.1. The van der Waals surface area contributed by atoms with E-state index in [1.807, 2.05) is 30.1 Å². The van der Waals surface area contributed by atoms with Crippen molar-refractivity contribution in [1.29, 1.82) is 0 Å². The summed E-state index contributed by atoms with van der Waals surface area (Å²) in [7, 11) is 1.55. The summed E-state index contributed by atoms with van der Waals surface area (Å²) in [5, 5.41) is 138. The lowest BCUT2D eigenvalue weighted by Gasteiger charge is -2.47. The molecule has 4 rings (SSSR count). The summed E-state index contributed by atoms with van der Waals surface area (Å²) < 4.78 is 24.3. The third-order valence-electron chi connectivity index (χ3n) is 15.2. The number of nitrogens with one attached hydrogen (secondary N) is 2. The normalized spacial score (nSPS) is 41.0. The maximum atomic E-state index is 14.7. The highest BCUT2D eigenvalue weighted by Gasteiger charge is 2.52. The Bertz CT molecular complexity index is 2130. The molecule has 0 saturated carbocycles. The van der Waals surface area contributed by atoms with Crippen molar-refractivity contribution in [2.24, 2.45) is 17.8 Å². The quantitative estimate of drug-likeness (QED) is 0.122. The van der Waals surface area contributed by atoms with Gasteiger partial charge in [-0.1, -0.05) is 98.9 Å². The van der Waals surface area contributed by atoms with Gasteiger partial charge in [0.25, 0.3) is 0 Å². The molecule has 0 aromatic carbocycles. The standard InChI is InChI=1S/C58H94N4O19/c1-36-19-17-15-13-11-9-7-8-10-12-14-16-18-20-43(80-56-54(74)51(53(73)39(4)79-56)60-48(70)33-59-6)30-47-50(55(75)62-25-23-61(24-26-62)34-57(5,76)35-63)46(69)32-58(77,81-47)31-42(66)28-45(68)44(67)22-21-40(64)27-41(65)29-49(71)78-38(3)37(2)52(36)72/h7-20,36-47,50-54,56,59,63-69,72-74,76-77H,21-35H2,1-6H3,(H,60,70)/b8-7-,11-9-,12-10-,15-13-,16-14-,19-17-,20-18+/t36-,37-,38-,39+,40+,41+,42-,43-,44+,45+,46-,47-,50+,51-,52+,53+,54-,56-,57?,58+/m0/s1. The first-order chi connectivity index (χ1) is 38.3. The van der Waals surface area contributed by atoms with Gasteiger partial charge in [-0.05, 0) is 47.1 Å². The Balaban J connectivity index is 1.68. The number of rotatable bonds is 9. The van der Waals surface area contributed by atoms with Gasteiger partial charge in [-0.15, -0.1) is 0 Å². The van der Waals surface area contributed by atoms with Crippen LogP contribution in [0.1, 0.15) is 86.0 Å². The largest absolute Gasteiger partial charge is 0.462 e. The van der Waals surface area contributed by atoms with Crippen LogP contribution in [0.2, 0.25) is 0 Å². The lowest BCUT2D eigenvalue weighted by atomic mass is 9.81. The first-order valence-electron chi connectivity index (χ1n) is 28.3. The van der Waals surface area contributed by atoms with Crippen molar-refractivity contribution in [3.8, 4) is 0 Å². The van der Waals surface area contributed by atoms with E-state index in [2.05, 4.69) is 10.6 Å². The number of esters is 1. The van der Waals surface area contributed by atoms with E-state index < -0.39 is 165 Å². The predicted octanol–water partition coefficient (Wildman–Crippen LogP) is -1.11. The number of likely N-dealkylation sites (N-methyl/N-ethyl adjacent to an activating group) is 1. The van der Waals surface area contributed by atoms with Crippen molar-refractivity contribution in [1.82, 2.24) is 20.4 Å². The molecule has 3 saturated heterocycles. The fraction of sp³-hybridized carbons (Fsp3) is 0.707. The molecule has 23 nitrogen and oxygen atoms in total. The van der Waals surface area contributed by atoms with Gasteiger partial charge in [0, 0.05) is 70.2 Å². The van der Waals surface area contributed by atoms with Gasteiger partial charge in [0.05, 0.1) is 98.2 Å². The van der Waals surface area contributed by atoms with Gasteiger partial charge in [0.2, 0.25) is 11.8 Å². The summed E-state index contributed by atoms with van der Waals surface area (Å²) in [6, 6.07) is -1.25. The lowest BCUT2D eigenvalue weighted by Crippen LogP contribution is -2.64. The Labute approximate surface area is 476 Å². The molecule has 4 heterocycles. The minimum absolute atomic E-state index is 0.124. The molecule has 0 aliphatic carbocycles. The number of carbonyl (C=O) groups excluding carboxylic acids is 3. The Morgan fingerprint density at radius 2 is 1.31 bits per heavy atom. The van der Waals surface area contributed by atoms with Crippen LogP contribution in [0.15, 0.2) is 85.1 Å². The molecule has 2 bridgehead atoms. The van der Waals surface area contributed by atoms with Gasteiger partial charge in [-0.2, -0.15) is 0 Å². The average Bonchev–Trinajstić information content (AvgIpc) is 3.46. The molecular formula is C58H94N4O19. The molecule has 0 radical (unpaired) electrons. The van der Waals surface area contributed by atoms with Gasteiger partial charge in [-0.3, -0.25) is 19.3 Å². The van der Waals surface area contributed by atoms with E-state index in [0.717, 1.165) is 0 Å². The minimum atomic E-state index is -2.35. The molecule has 3 fully saturated rings. The number of aliphatic hydroxyl groups is 12. The number of fused-ring (bicyclic) bond motifs is 2. The summed E-state index contributed by atoms with van der Waals surface area (Å²) >= 11 is 0. The van der Waals surface area contributed by atoms with Crippen LogP contribution in [0, 0.1) is 17.8 Å². The van der Waals surface area contributed by atoms with Crippen LogP contribution in [0.4, 0.5) is 0 Å². The number of hydrogen-bond donors (Lipinski definition) is 14. The molecule has 460 valence electrons. The summed E-state index contributed by atoms with van der Waals surface area (Å²) in [5.74, 6) is -6.29. The smallest absolute Gasteiger partial charge is 0.308 e. The van der Waals surface area contributed by atoms with Gasteiger partial charge in [0.15, 0.2) is 12.1 Å². The van der Waals surface area contributed by atoms with E-state index in [4.69, 9.17) is 18.9 Å². The number of hydrogen-bond acceptors (Lipinski definition) is 21. The second-order valence-corrected chi connectivity index (χ2v) is 22.5. The molecule has 20 atom stereocenters. The van der Waals surface area contributed by atoms with Crippen LogP contribution in [0.25, 0.3) is 0 Å². The molecule has 14 N–H and O–H groups in total. The molecule has 4 aliphatic heterocycles. The topological polar surface area (TPSA) is 361 Å². The Kier molecular flexibility index (Phi) is 29.1. The van der Waals surface area contributed by atoms with Gasteiger partial charge in [0.1, 0.15) is 18.3 Å². The molecule has 4 aliphatic rings. The zero-order valence-electron chi connectivity index (χ0n) is 47.7. The second kappa shape index (κ2) is 34.0. The number of β-amino-alcohol motifs (C(OH)–C–C–N with tert-alkyl or cyclic N) is 1. The van der Waals surface area contributed by atoms with Crippen LogP contribution < -0.4 is 10.6 Å². The number of carbonyl (C=O) groups is 3. The number of allylic oxidation sites excluding steroid dienone is 12. The third-order valence-corrected chi connectivity index (χ3v) is 15.2. The molecular weight excluding hydrogens is 1060 g/mol. The molecule has 81 heavy (non-hydrogen) atoms. The summed E-state index contributed by atoms with van der Waals surface area (Å²) in [6.45, 7) is 8.71. The van der Waals surface area contributed by atoms with Crippen LogP contribution >= 0.6 is 0 Å². The molecule has 0 spiro atoms. The molecule has 2 amide bonds. The fourth-order valence-electron chi connectivity index (χ4n) is 10.4. The van der Waals surface area contributed by atoms with E-state index in [9.17, 15) is 75.7 Å². The summed E-state index contributed by atoms with van der Waals surface area (Å²) in [6.07, 6.45) is 3.04. The number of ether oxygens (including phenoxy) is 4. The van der Waals surface area contributed by atoms with E-state index in [0.29, 0.717) is 13.1 Å². The maximum Gasteiger partial charge on any atom is 0.308 e. The second-order valence-electron chi connectivity index (χ2n) is 22.5. The molecule has 0 aromatic rings. The van der Waals surface area contributed by atoms with Gasteiger partial charge >= 0.3 is 5.97 Å². The van der Waals surface area contributed by atoms with Crippen molar-refractivity contribution < 1.29 is 94.6 Å². The van der Waals surface area contributed by atoms with Gasteiger partial charge < -0.3 is 95.8 Å². The Hall–Kier alpha value is -4.09. The number of piperazine rings is 1. The van der Waals surface area contributed by atoms with Crippen molar-refractivity contribution in [3.05, 3.63) is 85.1 Å². The molecule has 1 unspecified atom stereocenters. The van der Waals surface area contributed by atoms with E-state index in [1.54, 1.807) is 87.7 Å². The minimum Gasteiger partial charge on any atom is -0.462 e. The van der Waals surface area contributed by atoms with Crippen molar-refractivity contribution in [2.75, 3.05) is 52.9 Å². The van der Waals surface area contributed by atoms with E-state index in [-0.39, 0.29) is 57.8 Å². The molecule has 0 aromatic heterocycles. The van der Waals surface area contributed by atoms with Crippen molar-refractivity contribution in [2.45, 2.75) is 189 Å². The number of amides is 2. The van der Waals surface area contributed by atoms with Crippen LogP contribution in [0.3, 0.4) is 0 Å². The first kappa shape index (κ1) is 69.4. The van der Waals surface area contributed by atoms with Crippen LogP contribution in [-0.4, -0.2) is 245 Å². The molecule has 23 heteroatoms. The fourth-order valence-corrected chi connectivity index (χ4v) is 10.4. The first-order valence-corrected chi connectivity index (χ1v) is 28.3. The van der Waals surface area contributed by atoms with E-state index >= 15 is 0 Å². The predicted molar refractivity (Wildman–Crippen MR) is 298 cm³/mol.